The van der Waals surface area contributed by atoms with Crippen LogP contribution in [-0.2, 0) is 13.0 Å². The third-order valence-corrected chi connectivity index (χ3v) is 3.29. The van der Waals surface area contributed by atoms with Crippen molar-refractivity contribution in [1.29, 1.82) is 0 Å². The van der Waals surface area contributed by atoms with Crippen molar-refractivity contribution in [3.63, 3.8) is 0 Å². The molecule has 20 heavy (non-hydrogen) atoms. The van der Waals surface area contributed by atoms with Gasteiger partial charge in [0.15, 0.2) is 0 Å². The summed E-state index contributed by atoms with van der Waals surface area (Å²) in [6.45, 7) is 2.28. The lowest BCUT2D eigenvalue weighted by atomic mass is 10.1. The van der Waals surface area contributed by atoms with Crippen molar-refractivity contribution in [2.75, 3.05) is 0 Å². The molecule has 0 bridgehead atoms. The first-order valence-corrected chi connectivity index (χ1v) is 7.25. The zero-order valence-corrected chi connectivity index (χ0v) is 12.9. The van der Waals surface area contributed by atoms with E-state index in [1.54, 1.807) is 0 Å². The number of para-hydroxylation sites is 1. The molecule has 1 atom stereocenters. The number of benzene rings is 2. The van der Waals surface area contributed by atoms with Gasteiger partial charge in [0.1, 0.15) is 18.2 Å². The Morgan fingerprint density at radius 3 is 2.70 bits per heavy atom. The summed E-state index contributed by atoms with van der Waals surface area (Å²) < 4.78 is 19.8. The van der Waals surface area contributed by atoms with Crippen LogP contribution in [0.4, 0.5) is 4.39 Å². The van der Waals surface area contributed by atoms with E-state index in [1.165, 1.54) is 12.1 Å². The maximum absolute atomic E-state index is 13.3. The highest BCUT2D eigenvalue weighted by Crippen LogP contribution is 2.22. The van der Waals surface area contributed by atoms with E-state index in [9.17, 15) is 4.39 Å². The maximum Gasteiger partial charge on any atom is 0.124 e. The van der Waals surface area contributed by atoms with Crippen molar-refractivity contribution in [1.82, 2.24) is 0 Å². The van der Waals surface area contributed by atoms with Crippen molar-refractivity contribution >= 4 is 15.9 Å². The number of halogens is 2. The van der Waals surface area contributed by atoms with Crippen molar-refractivity contribution in [2.24, 2.45) is 5.73 Å². The molecule has 0 saturated heterocycles. The number of hydrogen-bond acceptors (Lipinski definition) is 2. The van der Waals surface area contributed by atoms with E-state index in [0.29, 0.717) is 11.1 Å². The van der Waals surface area contributed by atoms with Gasteiger partial charge >= 0.3 is 0 Å². The smallest absolute Gasteiger partial charge is 0.124 e. The minimum Gasteiger partial charge on any atom is -0.489 e. The highest BCUT2D eigenvalue weighted by molar-refractivity contribution is 9.10. The summed E-state index contributed by atoms with van der Waals surface area (Å²) >= 11 is 3.27. The van der Waals surface area contributed by atoms with E-state index >= 15 is 0 Å². The molecule has 2 aromatic carbocycles. The molecule has 0 radical (unpaired) electrons. The van der Waals surface area contributed by atoms with E-state index < -0.39 is 0 Å². The zero-order chi connectivity index (χ0) is 14.5. The summed E-state index contributed by atoms with van der Waals surface area (Å²) in [7, 11) is 0. The quantitative estimate of drug-likeness (QED) is 0.892. The van der Waals surface area contributed by atoms with Crippen LogP contribution in [0.15, 0.2) is 46.9 Å². The first kappa shape index (κ1) is 15.0. The SMILES string of the molecule is CC(N)Cc1ccccc1OCc1cc(F)cc(Br)c1. The van der Waals surface area contributed by atoms with Crippen LogP contribution in [0.25, 0.3) is 0 Å². The first-order chi connectivity index (χ1) is 9.54. The number of rotatable bonds is 5. The molecule has 0 heterocycles. The average Bonchev–Trinajstić information content (AvgIpc) is 2.36. The Balaban J connectivity index is 2.10. The standard InChI is InChI=1S/C16H17BrFNO/c1-11(19)6-13-4-2-3-5-16(13)20-10-12-7-14(17)9-15(18)8-12/h2-5,7-9,11H,6,10,19H2,1H3. The zero-order valence-electron chi connectivity index (χ0n) is 11.3. The average molecular weight is 338 g/mol. The second-order valence-corrected chi connectivity index (χ2v) is 5.77. The van der Waals surface area contributed by atoms with Gasteiger partial charge in [-0.2, -0.15) is 0 Å². The molecule has 0 aromatic heterocycles. The molecule has 0 amide bonds. The van der Waals surface area contributed by atoms with Gasteiger partial charge in [0.05, 0.1) is 0 Å². The van der Waals surface area contributed by atoms with Crippen molar-refractivity contribution in [2.45, 2.75) is 26.0 Å². The molecule has 2 aromatic rings. The lowest BCUT2D eigenvalue weighted by Gasteiger charge is -2.13. The van der Waals surface area contributed by atoms with Crippen LogP contribution in [0, 0.1) is 5.82 Å². The van der Waals surface area contributed by atoms with Gasteiger partial charge in [0.2, 0.25) is 0 Å². The summed E-state index contributed by atoms with van der Waals surface area (Å²) in [5, 5.41) is 0. The van der Waals surface area contributed by atoms with Crippen LogP contribution in [-0.4, -0.2) is 6.04 Å². The van der Waals surface area contributed by atoms with Gasteiger partial charge < -0.3 is 10.5 Å². The molecule has 0 aliphatic heterocycles. The molecule has 1 unspecified atom stereocenters. The van der Waals surface area contributed by atoms with Crippen LogP contribution >= 0.6 is 15.9 Å². The van der Waals surface area contributed by atoms with E-state index in [1.807, 2.05) is 37.3 Å². The topological polar surface area (TPSA) is 35.2 Å². The summed E-state index contributed by atoms with van der Waals surface area (Å²) in [4.78, 5) is 0. The Hall–Kier alpha value is -1.39. The van der Waals surface area contributed by atoms with Gasteiger partial charge in [-0.1, -0.05) is 34.1 Å². The minimum atomic E-state index is -0.276. The predicted octanol–water partition coefficient (Wildman–Crippen LogP) is 4.06. The molecular formula is C16H17BrFNO. The largest absolute Gasteiger partial charge is 0.489 e. The summed E-state index contributed by atoms with van der Waals surface area (Å²) in [6.07, 6.45) is 0.753. The fourth-order valence-corrected chi connectivity index (χ4v) is 2.53. The van der Waals surface area contributed by atoms with E-state index in [0.717, 1.165) is 23.3 Å². The number of ether oxygens (including phenoxy) is 1. The molecule has 2 rings (SSSR count). The molecule has 0 spiro atoms. The van der Waals surface area contributed by atoms with Crippen LogP contribution in [0.5, 0.6) is 5.75 Å². The molecule has 0 fully saturated rings. The highest BCUT2D eigenvalue weighted by atomic mass is 79.9. The monoisotopic (exact) mass is 337 g/mol. The van der Waals surface area contributed by atoms with Gasteiger partial charge in [0.25, 0.3) is 0 Å². The van der Waals surface area contributed by atoms with Crippen LogP contribution in [0.2, 0.25) is 0 Å². The van der Waals surface area contributed by atoms with Crippen molar-refractivity contribution in [3.05, 3.63) is 63.9 Å². The first-order valence-electron chi connectivity index (χ1n) is 6.46. The van der Waals surface area contributed by atoms with Gasteiger partial charge in [-0.05, 0) is 48.7 Å². The highest BCUT2D eigenvalue weighted by Gasteiger charge is 2.06. The Kier molecular flexibility index (Phi) is 5.15. The Bertz CT molecular complexity index is 566. The molecule has 0 aliphatic carbocycles. The second kappa shape index (κ2) is 6.86. The van der Waals surface area contributed by atoms with Gasteiger partial charge in [-0.15, -0.1) is 0 Å². The van der Waals surface area contributed by atoms with Gasteiger partial charge in [-0.3, -0.25) is 0 Å². The Labute approximate surface area is 126 Å². The van der Waals surface area contributed by atoms with Crippen molar-refractivity contribution in [3.8, 4) is 5.75 Å². The number of nitrogens with two attached hydrogens (primary N) is 1. The molecule has 0 saturated carbocycles. The maximum atomic E-state index is 13.3. The van der Waals surface area contributed by atoms with Crippen LogP contribution < -0.4 is 10.5 Å². The fraction of sp³-hybridized carbons (Fsp3) is 0.250. The molecule has 106 valence electrons. The normalized spacial score (nSPS) is 12.2. The second-order valence-electron chi connectivity index (χ2n) is 4.86. The predicted molar refractivity (Wildman–Crippen MR) is 82.2 cm³/mol. The van der Waals surface area contributed by atoms with Crippen LogP contribution in [0.1, 0.15) is 18.1 Å². The van der Waals surface area contributed by atoms with Crippen LogP contribution in [0.3, 0.4) is 0 Å². The molecule has 4 heteroatoms. The van der Waals surface area contributed by atoms with Gasteiger partial charge in [0, 0.05) is 10.5 Å². The lowest BCUT2D eigenvalue weighted by molar-refractivity contribution is 0.301. The molecular weight excluding hydrogens is 321 g/mol. The molecule has 0 aliphatic rings. The van der Waals surface area contributed by atoms with Crippen molar-refractivity contribution < 1.29 is 9.13 Å². The summed E-state index contributed by atoms with van der Waals surface area (Å²) in [5.41, 5.74) is 7.68. The van der Waals surface area contributed by atoms with E-state index in [-0.39, 0.29) is 11.9 Å². The van der Waals surface area contributed by atoms with E-state index in [2.05, 4.69) is 15.9 Å². The Morgan fingerprint density at radius 1 is 1.25 bits per heavy atom. The third kappa shape index (κ3) is 4.32. The molecule has 2 N–H and O–H groups in total. The fourth-order valence-electron chi connectivity index (χ4n) is 2.02. The summed E-state index contributed by atoms with van der Waals surface area (Å²) in [5.74, 6) is 0.520. The third-order valence-electron chi connectivity index (χ3n) is 2.83. The Morgan fingerprint density at radius 2 is 2.00 bits per heavy atom. The molecule has 2 nitrogen and oxygen atoms in total. The lowest BCUT2D eigenvalue weighted by Crippen LogP contribution is -2.18. The summed E-state index contributed by atoms with van der Waals surface area (Å²) in [6, 6.07) is 12.6. The van der Waals surface area contributed by atoms with Gasteiger partial charge in [-0.25, -0.2) is 4.39 Å². The minimum absolute atomic E-state index is 0.0723. The van der Waals surface area contributed by atoms with E-state index in [4.69, 9.17) is 10.5 Å². The number of hydrogen-bond donors (Lipinski definition) is 1.